The Kier molecular flexibility index (Phi) is 3.33. The van der Waals surface area contributed by atoms with Gasteiger partial charge in [0.2, 0.25) is 0 Å². The van der Waals surface area contributed by atoms with Crippen LogP contribution in [0.15, 0.2) is 16.6 Å². The van der Waals surface area contributed by atoms with Gasteiger partial charge >= 0.3 is 6.61 Å². The Morgan fingerprint density at radius 2 is 2.08 bits per heavy atom. The number of rotatable bonds is 2. The van der Waals surface area contributed by atoms with Crippen LogP contribution in [0.25, 0.3) is 0 Å². The highest BCUT2D eigenvalue weighted by Gasteiger charge is 2.11. The van der Waals surface area contributed by atoms with Crippen molar-refractivity contribution in [2.24, 2.45) is 0 Å². The second kappa shape index (κ2) is 4.11. The third-order valence-corrected chi connectivity index (χ3v) is 2.15. The molecule has 6 heteroatoms. The largest absolute Gasteiger partial charge is 0.433 e. The second-order valence-corrected chi connectivity index (χ2v) is 3.47. The first-order chi connectivity index (χ1) is 6.00. The molecule has 0 aromatic heterocycles. The molecule has 0 atom stereocenters. The molecule has 0 bridgehead atoms. The lowest BCUT2D eigenvalue weighted by molar-refractivity contribution is -0.0493. The standard InChI is InChI=1S/C7H5BrClF2NO/c8-4-1-3(9)2-5(6(4)12)13-7(10)11/h1-2,7H,12H2. The zero-order valence-corrected chi connectivity index (χ0v) is 8.57. The van der Waals surface area contributed by atoms with Crippen molar-refractivity contribution in [1.82, 2.24) is 0 Å². The Hall–Kier alpha value is -0.550. The van der Waals surface area contributed by atoms with E-state index in [1.807, 2.05) is 0 Å². The van der Waals surface area contributed by atoms with Gasteiger partial charge in [-0.05, 0) is 22.0 Å². The number of alkyl halides is 2. The molecule has 1 rings (SSSR count). The third kappa shape index (κ3) is 2.70. The van der Waals surface area contributed by atoms with E-state index in [1.54, 1.807) is 0 Å². The van der Waals surface area contributed by atoms with Crippen LogP contribution < -0.4 is 10.5 Å². The molecule has 0 spiro atoms. The molecule has 0 unspecified atom stereocenters. The summed E-state index contributed by atoms with van der Waals surface area (Å²) in [5.74, 6) is -0.130. The van der Waals surface area contributed by atoms with Crippen LogP contribution in [0, 0.1) is 0 Å². The molecule has 13 heavy (non-hydrogen) atoms. The monoisotopic (exact) mass is 271 g/mol. The first-order valence-corrected chi connectivity index (χ1v) is 4.37. The summed E-state index contributed by atoms with van der Waals surface area (Å²) in [5.41, 5.74) is 5.54. The Balaban J connectivity index is 3.05. The van der Waals surface area contributed by atoms with Crippen LogP contribution in [0.5, 0.6) is 5.75 Å². The SMILES string of the molecule is Nc1c(Br)cc(Cl)cc1OC(F)F. The minimum Gasteiger partial charge on any atom is -0.433 e. The predicted octanol–water partition coefficient (Wildman–Crippen LogP) is 3.29. The Morgan fingerprint density at radius 3 is 2.62 bits per heavy atom. The highest BCUT2D eigenvalue weighted by molar-refractivity contribution is 9.10. The predicted molar refractivity (Wildman–Crippen MR) is 50.2 cm³/mol. The van der Waals surface area contributed by atoms with Gasteiger partial charge in [-0.25, -0.2) is 0 Å². The van der Waals surface area contributed by atoms with E-state index in [2.05, 4.69) is 20.7 Å². The highest BCUT2D eigenvalue weighted by atomic mass is 79.9. The molecule has 2 nitrogen and oxygen atoms in total. The van der Waals surface area contributed by atoms with Gasteiger partial charge in [0, 0.05) is 15.6 Å². The van der Waals surface area contributed by atoms with Gasteiger partial charge in [-0.1, -0.05) is 11.6 Å². The van der Waals surface area contributed by atoms with Gasteiger partial charge in [0.25, 0.3) is 0 Å². The molecule has 72 valence electrons. The summed E-state index contributed by atoms with van der Waals surface area (Å²) in [6.45, 7) is -2.91. The van der Waals surface area contributed by atoms with Gasteiger partial charge < -0.3 is 10.5 Å². The maximum absolute atomic E-state index is 11.8. The molecule has 0 aliphatic carbocycles. The maximum Gasteiger partial charge on any atom is 0.387 e. The van der Waals surface area contributed by atoms with E-state index in [1.165, 1.54) is 12.1 Å². The van der Waals surface area contributed by atoms with Crippen LogP contribution in [0.2, 0.25) is 5.02 Å². The average molecular weight is 272 g/mol. The van der Waals surface area contributed by atoms with Crippen LogP contribution in [0.3, 0.4) is 0 Å². The first-order valence-electron chi connectivity index (χ1n) is 3.20. The molecule has 0 aliphatic rings. The van der Waals surface area contributed by atoms with Crippen molar-refractivity contribution >= 4 is 33.2 Å². The molecule has 0 fully saturated rings. The van der Waals surface area contributed by atoms with Crippen molar-refractivity contribution < 1.29 is 13.5 Å². The Bertz CT molecular complexity index is 322. The minimum absolute atomic E-state index is 0.102. The summed E-state index contributed by atoms with van der Waals surface area (Å²) in [4.78, 5) is 0. The minimum atomic E-state index is -2.91. The second-order valence-electron chi connectivity index (χ2n) is 2.18. The number of halogens is 4. The van der Waals surface area contributed by atoms with Crippen molar-refractivity contribution in [2.45, 2.75) is 6.61 Å². The van der Waals surface area contributed by atoms with Crippen molar-refractivity contribution in [3.05, 3.63) is 21.6 Å². The molecule has 0 heterocycles. The summed E-state index contributed by atoms with van der Waals surface area (Å²) >= 11 is 8.65. The maximum atomic E-state index is 11.8. The summed E-state index contributed by atoms with van der Waals surface area (Å²) in [7, 11) is 0. The van der Waals surface area contributed by atoms with Gasteiger partial charge in [0.1, 0.15) is 0 Å². The molecule has 0 aliphatic heterocycles. The van der Waals surface area contributed by atoms with E-state index >= 15 is 0 Å². The van der Waals surface area contributed by atoms with Gasteiger partial charge in [-0.3, -0.25) is 0 Å². The lowest BCUT2D eigenvalue weighted by atomic mass is 10.3. The van der Waals surface area contributed by atoms with E-state index < -0.39 is 6.61 Å². The Labute approximate surface area is 86.8 Å². The van der Waals surface area contributed by atoms with E-state index in [9.17, 15) is 8.78 Å². The van der Waals surface area contributed by atoms with Gasteiger partial charge in [-0.2, -0.15) is 8.78 Å². The lowest BCUT2D eigenvalue weighted by Crippen LogP contribution is -2.04. The number of nitrogen functional groups attached to an aromatic ring is 1. The van der Waals surface area contributed by atoms with Crippen molar-refractivity contribution in [1.29, 1.82) is 0 Å². The fourth-order valence-electron chi connectivity index (χ4n) is 0.755. The van der Waals surface area contributed by atoms with Gasteiger partial charge in [-0.15, -0.1) is 0 Å². The van der Waals surface area contributed by atoms with E-state index in [0.29, 0.717) is 4.47 Å². The summed E-state index contributed by atoms with van der Waals surface area (Å²) < 4.78 is 28.2. The van der Waals surface area contributed by atoms with Crippen LogP contribution in [-0.4, -0.2) is 6.61 Å². The van der Waals surface area contributed by atoms with E-state index in [-0.39, 0.29) is 16.5 Å². The topological polar surface area (TPSA) is 35.2 Å². The number of ether oxygens (including phenoxy) is 1. The zero-order valence-electron chi connectivity index (χ0n) is 6.23. The molecule has 2 N–H and O–H groups in total. The number of benzene rings is 1. The third-order valence-electron chi connectivity index (χ3n) is 1.27. The fraction of sp³-hybridized carbons (Fsp3) is 0.143. The van der Waals surface area contributed by atoms with Crippen LogP contribution in [0.1, 0.15) is 0 Å². The molecule has 0 radical (unpaired) electrons. The molecule has 1 aromatic rings. The molecule has 0 saturated carbocycles. The number of anilines is 1. The van der Waals surface area contributed by atoms with Crippen molar-refractivity contribution in [3.8, 4) is 5.75 Å². The summed E-state index contributed by atoms with van der Waals surface area (Å²) in [5, 5.41) is 0.275. The quantitative estimate of drug-likeness (QED) is 0.839. The number of nitrogens with two attached hydrogens (primary N) is 1. The van der Waals surface area contributed by atoms with Crippen molar-refractivity contribution in [2.75, 3.05) is 5.73 Å². The number of hydrogen-bond acceptors (Lipinski definition) is 2. The first kappa shape index (κ1) is 10.5. The summed E-state index contributed by atoms with van der Waals surface area (Å²) in [6, 6.07) is 2.73. The number of hydrogen-bond donors (Lipinski definition) is 1. The fourth-order valence-corrected chi connectivity index (χ4v) is 1.54. The molecular weight excluding hydrogens is 267 g/mol. The molecule has 1 aromatic carbocycles. The highest BCUT2D eigenvalue weighted by Crippen LogP contribution is 2.34. The smallest absolute Gasteiger partial charge is 0.387 e. The van der Waals surface area contributed by atoms with Crippen molar-refractivity contribution in [3.63, 3.8) is 0 Å². The van der Waals surface area contributed by atoms with E-state index in [4.69, 9.17) is 17.3 Å². The summed E-state index contributed by atoms with van der Waals surface area (Å²) in [6.07, 6.45) is 0. The lowest BCUT2D eigenvalue weighted by Gasteiger charge is -2.09. The average Bonchev–Trinajstić information content (AvgIpc) is 1.98. The molecule has 0 saturated heterocycles. The van der Waals surface area contributed by atoms with Crippen LogP contribution >= 0.6 is 27.5 Å². The molecular formula is C7H5BrClF2NO. The normalized spacial score (nSPS) is 10.5. The molecule has 0 amide bonds. The van der Waals surface area contributed by atoms with E-state index in [0.717, 1.165) is 0 Å². The van der Waals surface area contributed by atoms with Crippen LogP contribution in [0.4, 0.5) is 14.5 Å². The van der Waals surface area contributed by atoms with Crippen LogP contribution in [-0.2, 0) is 0 Å². The zero-order chi connectivity index (χ0) is 10.0. The Morgan fingerprint density at radius 1 is 1.46 bits per heavy atom. The van der Waals surface area contributed by atoms with Gasteiger partial charge in [0.05, 0.1) is 5.69 Å². The van der Waals surface area contributed by atoms with Gasteiger partial charge in [0.15, 0.2) is 5.75 Å².